The minimum Gasteiger partial charge on any atom is -0.317 e. The van der Waals surface area contributed by atoms with Gasteiger partial charge in [0, 0.05) is 5.41 Å². The summed E-state index contributed by atoms with van der Waals surface area (Å²) >= 11 is 2.73. The number of benzene rings is 1. The van der Waals surface area contributed by atoms with Crippen molar-refractivity contribution in [2.45, 2.75) is 34.6 Å². The lowest BCUT2D eigenvalue weighted by molar-refractivity contribution is -0.123. The molecule has 3 rings (SSSR count). The fourth-order valence-electron chi connectivity index (χ4n) is 2.31. The van der Waals surface area contributed by atoms with Gasteiger partial charge in [-0.15, -0.1) is 11.3 Å². The van der Waals surface area contributed by atoms with Crippen LogP contribution in [0.3, 0.4) is 0 Å². The number of thiophene rings is 1. The molecule has 0 fully saturated rings. The molecule has 0 saturated carbocycles. The quantitative estimate of drug-likeness (QED) is 0.648. The lowest BCUT2D eigenvalue weighted by Gasteiger charge is -2.16. The number of rotatable bonds is 3. The average Bonchev–Trinajstić information content (AvgIpc) is 3.08. The Morgan fingerprint density at radius 1 is 1.04 bits per heavy atom. The van der Waals surface area contributed by atoms with Crippen LogP contribution in [0.2, 0.25) is 0 Å². The Morgan fingerprint density at radius 3 is 2.46 bits per heavy atom. The number of nitrogens with one attached hydrogen (secondary N) is 2. The van der Waals surface area contributed by atoms with Gasteiger partial charge in [0.25, 0.3) is 5.91 Å². The first-order valence-corrected chi connectivity index (χ1v) is 9.87. The van der Waals surface area contributed by atoms with E-state index >= 15 is 0 Å². The number of hydrogen-bond donors (Lipinski definition) is 2. The van der Waals surface area contributed by atoms with E-state index in [1.165, 1.54) is 22.7 Å². The largest absolute Gasteiger partial charge is 0.317 e. The highest BCUT2D eigenvalue weighted by molar-refractivity contribution is 7.22. The topological polar surface area (TPSA) is 71.1 Å². The summed E-state index contributed by atoms with van der Waals surface area (Å²) in [5, 5.41) is 6.99. The van der Waals surface area contributed by atoms with Crippen molar-refractivity contribution in [1.82, 2.24) is 4.98 Å². The highest BCUT2D eigenvalue weighted by Gasteiger charge is 2.23. The Balaban J connectivity index is 1.78. The molecule has 2 heterocycles. The van der Waals surface area contributed by atoms with Crippen molar-refractivity contribution >= 4 is 54.8 Å². The van der Waals surface area contributed by atoms with Gasteiger partial charge >= 0.3 is 0 Å². The molecule has 0 bridgehead atoms. The van der Waals surface area contributed by atoms with Gasteiger partial charge in [0.2, 0.25) is 5.91 Å². The van der Waals surface area contributed by atoms with Crippen LogP contribution in [0, 0.1) is 19.3 Å². The van der Waals surface area contributed by atoms with Crippen LogP contribution in [0.25, 0.3) is 10.2 Å². The molecule has 0 radical (unpaired) electrons. The maximum atomic E-state index is 12.6. The first-order chi connectivity index (χ1) is 12.1. The molecule has 3 aromatic rings. The summed E-state index contributed by atoms with van der Waals surface area (Å²) in [6, 6.07) is 7.83. The standard InChI is InChI=1S/C19H21N3O2S2/c1-10-6-7-12-13(8-10)25-18(20-12)22-16(23)15-11(2)9-14(26-15)21-17(24)19(3,4)5/h6-9H,1-5H3,(H,21,24)(H,20,22,23). The molecule has 0 saturated heterocycles. The molecule has 0 aliphatic heterocycles. The van der Waals surface area contributed by atoms with Crippen molar-refractivity contribution < 1.29 is 9.59 Å². The maximum Gasteiger partial charge on any atom is 0.267 e. The smallest absolute Gasteiger partial charge is 0.267 e. The van der Waals surface area contributed by atoms with E-state index in [9.17, 15) is 9.59 Å². The number of thiazole rings is 1. The van der Waals surface area contributed by atoms with Crippen molar-refractivity contribution in [3.63, 3.8) is 0 Å². The second kappa shape index (κ2) is 6.81. The number of aromatic nitrogens is 1. The van der Waals surface area contributed by atoms with E-state index in [1.807, 2.05) is 52.8 Å². The Bertz CT molecular complexity index is 996. The Kier molecular flexibility index (Phi) is 4.86. The number of aryl methyl sites for hydroxylation is 2. The van der Waals surface area contributed by atoms with Crippen molar-refractivity contribution in [3.8, 4) is 0 Å². The molecule has 136 valence electrons. The predicted octanol–water partition coefficient (Wildman–Crippen LogP) is 5.21. The lowest BCUT2D eigenvalue weighted by Crippen LogP contribution is -2.27. The summed E-state index contributed by atoms with van der Waals surface area (Å²) in [5.74, 6) is -0.285. The van der Waals surface area contributed by atoms with Gasteiger partial charge in [0.15, 0.2) is 5.13 Å². The van der Waals surface area contributed by atoms with Crippen LogP contribution in [0.5, 0.6) is 0 Å². The molecule has 0 unspecified atom stereocenters. The van der Waals surface area contributed by atoms with Gasteiger partial charge in [0.05, 0.1) is 20.1 Å². The van der Waals surface area contributed by atoms with Crippen LogP contribution >= 0.6 is 22.7 Å². The molecule has 7 heteroatoms. The van der Waals surface area contributed by atoms with Crippen LogP contribution in [0.4, 0.5) is 10.1 Å². The highest BCUT2D eigenvalue weighted by Crippen LogP contribution is 2.31. The molecule has 2 aromatic heterocycles. The third kappa shape index (κ3) is 3.94. The minimum absolute atomic E-state index is 0.0766. The number of carbonyl (C=O) groups is 2. The van der Waals surface area contributed by atoms with Gasteiger partial charge in [-0.3, -0.25) is 14.9 Å². The number of hydrogen-bond acceptors (Lipinski definition) is 5. The van der Waals surface area contributed by atoms with Gasteiger partial charge in [0.1, 0.15) is 0 Å². The fraction of sp³-hybridized carbons (Fsp3) is 0.316. The van der Waals surface area contributed by atoms with E-state index in [0.29, 0.717) is 15.0 Å². The predicted molar refractivity (Wildman–Crippen MR) is 109 cm³/mol. The van der Waals surface area contributed by atoms with E-state index in [4.69, 9.17) is 0 Å². The number of amides is 2. The van der Waals surface area contributed by atoms with Crippen LogP contribution in [-0.4, -0.2) is 16.8 Å². The molecule has 2 N–H and O–H groups in total. The average molecular weight is 388 g/mol. The highest BCUT2D eigenvalue weighted by atomic mass is 32.1. The normalized spacial score (nSPS) is 11.6. The van der Waals surface area contributed by atoms with Crippen LogP contribution in [0.1, 0.15) is 41.6 Å². The van der Waals surface area contributed by atoms with E-state index in [2.05, 4.69) is 21.7 Å². The van der Waals surface area contributed by atoms with E-state index < -0.39 is 5.41 Å². The molecule has 0 atom stereocenters. The monoisotopic (exact) mass is 387 g/mol. The lowest BCUT2D eigenvalue weighted by atomic mass is 9.96. The number of nitrogens with zero attached hydrogens (tertiary/aromatic N) is 1. The van der Waals surface area contributed by atoms with Gasteiger partial charge in [-0.05, 0) is 43.2 Å². The van der Waals surface area contributed by atoms with E-state index in [0.717, 1.165) is 21.3 Å². The zero-order chi connectivity index (χ0) is 19.1. The fourth-order valence-corrected chi connectivity index (χ4v) is 4.23. The van der Waals surface area contributed by atoms with Crippen LogP contribution in [-0.2, 0) is 4.79 Å². The molecule has 26 heavy (non-hydrogen) atoms. The Hall–Kier alpha value is -2.25. The van der Waals surface area contributed by atoms with Gasteiger partial charge in [-0.2, -0.15) is 0 Å². The van der Waals surface area contributed by atoms with Crippen molar-refractivity contribution in [2.24, 2.45) is 5.41 Å². The molecule has 1 aromatic carbocycles. The second-order valence-electron chi connectivity index (χ2n) is 7.27. The van der Waals surface area contributed by atoms with Gasteiger partial charge < -0.3 is 5.32 Å². The van der Waals surface area contributed by atoms with Gasteiger partial charge in [-0.25, -0.2) is 4.98 Å². The Morgan fingerprint density at radius 2 is 1.77 bits per heavy atom. The van der Waals surface area contributed by atoms with Gasteiger partial charge in [-0.1, -0.05) is 38.2 Å². The number of anilines is 2. The van der Waals surface area contributed by atoms with Crippen molar-refractivity contribution in [1.29, 1.82) is 0 Å². The number of fused-ring (bicyclic) bond motifs is 1. The third-order valence-electron chi connectivity index (χ3n) is 3.81. The van der Waals surface area contributed by atoms with Crippen molar-refractivity contribution in [3.05, 3.63) is 40.3 Å². The zero-order valence-electron chi connectivity index (χ0n) is 15.4. The van der Waals surface area contributed by atoms with Crippen LogP contribution < -0.4 is 10.6 Å². The second-order valence-corrected chi connectivity index (χ2v) is 9.35. The summed E-state index contributed by atoms with van der Waals surface area (Å²) in [5.41, 5.74) is 2.37. The summed E-state index contributed by atoms with van der Waals surface area (Å²) in [4.78, 5) is 29.8. The van der Waals surface area contributed by atoms with Crippen molar-refractivity contribution in [2.75, 3.05) is 10.6 Å². The first kappa shape index (κ1) is 18.5. The molecular formula is C19H21N3O2S2. The molecule has 0 aliphatic rings. The summed E-state index contributed by atoms with van der Waals surface area (Å²) in [6.07, 6.45) is 0. The molecule has 0 spiro atoms. The van der Waals surface area contributed by atoms with E-state index in [1.54, 1.807) is 0 Å². The van der Waals surface area contributed by atoms with Crippen LogP contribution in [0.15, 0.2) is 24.3 Å². The first-order valence-electron chi connectivity index (χ1n) is 8.24. The molecule has 0 aliphatic carbocycles. The summed E-state index contributed by atoms with van der Waals surface area (Å²) in [6.45, 7) is 9.45. The Labute approximate surface area is 160 Å². The summed E-state index contributed by atoms with van der Waals surface area (Å²) in [7, 11) is 0. The molecule has 5 nitrogen and oxygen atoms in total. The zero-order valence-corrected chi connectivity index (χ0v) is 17.0. The van der Waals surface area contributed by atoms with E-state index in [-0.39, 0.29) is 11.8 Å². The SMILES string of the molecule is Cc1ccc2nc(NC(=O)c3sc(NC(=O)C(C)(C)C)cc3C)sc2c1. The molecule has 2 amide bonds. The number of carbonyl (C=O) groups excluding carboxylic acids is 2. The minimum atomic E-state index is -0.487. The third-order valence-corrected chi connectivity index (χ3v) is 5.89. The maximum absolute atomic E-state index is 12.6. The molecular weight excluding hydrogens is 366 g/mol. The summed E-state index contributed by atoms with van der Waals surface area (Å²) < 4.78 is 1.04.